The number of nitrogens with one attached hydrogen (secondary N) is 1. The topological polar surface area (TPSA) is 53.1 Å². The molecule has 0 aliphatic rings. The molecule has 1 rings (SSSR count). The van der Waals surface area contributed by atoms with E-state index in [4.69, 9.17) is 5.11 Å². The Labute approximate surface area is 69.8 Å². The Hall–Kier alpha value is -0.900. The second-order valence-electron chi connectivity index (χ2n) is 2.30. The lowest BCUT2D eigenvalue weighted by atomic mass is 10.2. The lowest BCUT2D eigenvalue weighted by Gasteiger charge is -1.87. The Morgan fingerprint density at radius 1 is 1.82 bits per heavy atom. The second-order valence-corrected chi connectivity index (χ2v) is 2.61. The Kier molecular flexibility index (Phi) is 2.24. The van der Waals surface area contributed by atoms with Gasteiger partial charge in [0.1, 0.15) is 0 Å². The zero-order valence-electron chi connectivity index (χ0n) is 6.09. The minimum atomic E-state index is -0.896. The molecule has 0 amide bonds. The van der Waals surface area contributed by atoms with Crippen LogP contribution in [0.2, 0.25) is 0 Å². The number of thiol groups is 1. The standard InChI is InChI=1S/C7H9NO2S/c1-4-6(7(9)10)2-5(3-11)8-4/h2,8,11H,3H2,1H3,(H,9,10). The van der Waals surface area contributed by atoms with Gasteiger partial charge in [-0.15, -0.1) is 0 Å². The van der Waals surface area contributed by atoms with Gasteiger partial charge in [0, 0.05) is 17.1 Å². The van der Waals surface area contributed by atoms with Gasteiger partial charge in [-0.2, -0.15) is 12.6 Å². The summed E-state index contributed by atoms with van der Waals surface area (Å²) < 4.78 is 0. The van der Waals surface area contributed by atoms with Crippen molar-refractivity contribution in [2.24, 2.45) is 0 Å². The molecule has 0 radical (unpaired) electrons. The van der Waals surface area contributed by atoms with Crippen molar-refractivity contribution in [3.63, 3.8) is 0 Å². The van der Waals surface area contributed by atoms with Crippen LogP contribution < -0.4 is 0 Å². The van der Waals surface area contributed by atoms with Gasteiger partial charge in [0.05, 0.1) is 5.56 Å². The first-order chi connectivity index (χ1) is 5.15. The number of carboxylic acids is 1. The van der Waals surface area contributed by atoms with Crippen LogP contribution >= 0.6 is 12.6 Å². The molecule has 1 heterocycles. The zero-order chi connectivity index (χ0) is 8.43. The summed E-state index contributed by atoms with van der Waals surface area (Å²) in [5, 5.41) is 8.63. The van der Waals surface area contributed by atoms with Crippen LogP contribution in [-0.2, 0) is 5.75 Å². The molecule has 0 aromatic carbocycles. The van der Waals surface area contributed by atoms with Crippen molar-refractivity contribution >= 4 is 18.6 Å². The van der Waals surface area contributed by atoms with Gasteiger partial charge in [0.2, 0.25) is 0 Å². The number of aromatic amines is 1. The van der Waals surface area contributed by atoms with Crippen LogP contribution in [0.4, 0.5) is 0 Å². The Morgan fingerprint density at radius 2 is 2.45 bits per heavy atom. The van der Waals surface area contributed by atoms with E-state index in [1.165, 1.54) is 0 Å². The fourth-order valence-corrected chi connectivity index (χ4v) is 1.10. The highest BCUT2D eigenvalue weighted by molar-refractivity contribution is 7.79. The number of aromatic nitrogens is 1. The normalized spacial score (nSPS) is 10.0. The predicted octanol–water partition coefficient (Wildman–Crippen LogP) is 1.45. The first-order valence-electron chi connectivity index (χ1n) is 3.17. The molecule has 0 saturated carbocycles. The van der Waals surface area contributed by atoms with Crippen LogP contribution in [0.5, 0.6) is 0 Å². The van der Waals surface area contributed by atoms with Crippen LogP contribution in [0.25, 0.3) is 0 Å². The Balaban J connectivity index is 3.07. The number of hydrogen-bond acceptors (Lipinski definition) is 2. The summed E-state index contributed by atoms with van der Waals surface area (Å²) in [4.78, 5) is 13.4. The molecule has 0 atom stereocenters. The smallest absolute Gasteiger partial charge is 0.337 e. The van der Waals surface area contributed by atoms with Gasteiger partial charge >= 0.3 is 5.97 Å². The van der Waals surface area contributed by atoms with Crippen molar-refractivity contribution < 1.29 is 9.90 Å². The number of rotatable bonds is 2. The highest BCUT2D eigenvalue weighted by Crippen LogP contribution is 2.11. The van der Waals surface area contributed by atoms with Crippen LogP contribution in [0.15, 0.2) is 6.07 Å². The quantitative estimate of drug-likeness (QED) is 0.590. The van der Waals surface area contributed by atoms with E-state index in [0.29, 0.717) is 17.0 Å². The van der Waals surface area contributed by atoms with Gasteiger partial charge in [0.15, 0.2) is 0 Å². The summed E-state index contributed by atoms with van der Waals surface area (Å²) in [5.74, 6) is -0.361. The molecule has 3 nitrogen and oxygen atoms in total. The largest absolute Gasteiger partial charge is 0.478 e. The second kappa shape index (κ2) is 3.00. The lowest BCUT2D eigenvalue weighted by molar-refractivity contribution is 0.0696. The highest BCUT2D eigenvalue weighted by atomic mass is 32.1. The molecule has 0 saturated heterocycles. The number of hydrogen-bond donors (Lipinski definition) is 3. The van der Waals surface area contributed by atoms with E-state index in [-0.39, 0.29) is 0 Å². The first-order valence-corrected chi connectivity index (χ1v) is 3.81. The summed E-state index contributed by atoms with van der Waals surface area (Å²) in [7, 11) is 0. The van der Waals surface area contributed by atoms with E-state index < -0.39 is 5.97 Å². The van der Waals surface area contributed by atoms with E-state index in [0.717, 1.165) is 5.69 Å². The molecule has 0 unspecified atom stereocenters. The summed E-state index contributed by atoms with van der Waals surface area (Å²) in [5.41, 5.74) is 1.85. The van der Waals surface area contributed by atoms with Gasteiger partial charge in [-0.25, -0.2) is 4.79 Å². The van der Waals surface area contributed by atoms with Crippen LogP contribution in [0.1, 0.15) is 21.7 Å². The molecular weight excluding hydrogens is 162 g/mol. The average molecular weight is 171 g/mol. The van der Waals surface area contributed by atoms with Crippen LogP contribution in [0, 0.1) is 6.92 Å². The molecule has 0 aliphatic heterocycles. The van der Waals surface area contributed by atoms with E-state index in [1.807, 2.05) is 0 Å². The maximum atomic E-state index is 10.5. The molecule has 60 valence electrons. The number of H-pyrrole nitrogens is 1. The molecule has 1 aromatic rings. The molecule has 0 aliphatic carbocycles. The molecule has 0 bridgehead atoms. The van der Waals surface area contributed by atoms with E-state index >= 15 is 0 Å². The summed E-state index contributed by atoms with van der Waals surface area (Å²) in [6.07, 6.45) is 0. The average Bonchev–Trinajstić information content (AvgIpc) is 2.30. The fourth-order valence-electron chi connectivity index (χ4n) is 0.934. The van der Waals surface area contributed by atoms with Crippen LogP contribution in [0.3, 0.4) is 0 Å². The number of aryl methyl sites for hydroxylation is 1. The highest BCUT2D eigenvalue weighted by Gasteiger charge is 2.09. The number of aromatic carboxylic acids is 1. The third-order valence-electron chi connectivity index (χ3n) is 1.47. The molecule has 11 heavy (non-hydrogen) atoms. The van der Waals surface area contributed by atoms with E-state index in [2.05, 4.69) is 17.6 Å². The van der Waals surface area contributed by atoms with Gasteiger partial charge in [-0.05, 0) is 13.0 Å². The van der Waals surface area contributed by atoms with E-state index in [9.17, 15) is 4.79 Å². The lowest BCUT2D eigenvalue weighted by Crippen LogP contribution is -1.95. The van der Waals surface area contributed by atoms with Crippen molar-refractivity contribution in [1.29, 1.82) is 0 Å². The molecule has 2 N–H and O–H groups in total. The molecule has 1 aromatic heterocycles. The minimum absolute atomic E-state index is 0.328. The maximum absolute atomic E-state index is 10.5. The fraction of sp³-hybridized carbons (Fsp3) is 0.286. The van der Waals surface area contributed by atoms with Gasteiger partial charge in [0.25, 0.3) is 0 Å². The van der Waals surface area contributed by atoms with Gasteiger partial charge in [-0.1, -0.05) is 0 Å². The predicted molar refractivity (Wildman–Crippen MR) is 45.2 cm³/mol. The van der Waals surface area contributed by atoms with E-state index in [1.54, 1.807) is 13.0 Å². The number of carboxylic acid groups (broad SMARTS) is 1. The van der Waals surface area contributed by atoms with Crippen molar-refractivity contribution in [2.45, 2.75) is 12.7 Å². The van der Waals surface area contributed by atoms with Crippen LogP contribution in [-0.4, -0.2) is 16.1 Å². The Bertz CT molecular complexity index is 280. The first kappa shape index (κ1) is 8.20. The molecule has 4 heteroatoms. The minimum Gasteiger partial charge on any atom is -0.478 e. The molecule has 0 fully saturated rings. The van der Waals surface area contributed by atoms with Crippen molar-refractivity contribution in [3.05, 3.63) is 23.0 Å². The Morgan fingerprint density at radius 3 is 2.73 bits per heavy atom. The van der Waals surface area contributed by atoms with Crippen molar-refractivity contribution in [3.8, 4) is 0 Å². The van der Waals surface area contributed by atoms with Gasteiger partial charge in [-0.3, -0.25) is 0 Å². The molecular formula is C7H9NO2S. The number of carbonyl (C=O) groups is 1. The monoisotopic (exact) mass is 171 g/mol. The SMILES string of the molecule is Cc1[nH]c(CS)cc1C(=O)O. The summed E-state index contributed by atoms with van der Waals surface area (Å²) >= 11 is 4.01. The van der Waals surface area contributed by atoms with Crippen molar-refractivity contribution in [2.75, 3.05) is 0 Å². The van der Waals surface area contributed by atoms with Crippen molar-refractivity contribution in [1.82, 2.24) is 4.98 Å². The molecule has 0 spiro atoms. The summed E-state index contributed by atoms with van der Waals surface area (Å²) in [6.45, 7) is 1.73. The third-order valence-corrected chi connectivity index (χ3v) is 1.81. The van der Waals surface area contributed by atoms with Gasteiger partial charge < -0.3 is 10.1 Å². The summed E-state index contributed by atoms with van der Waals surface area (Å²) in [6, 6.07) is 1.60. The third kappa shape index (κ3) is 1.57. The maximum Gasteiger partial charge on any atom is 0.337 e. The zero-order valence-corrected chi connectivity index (χ0v) is 6.98.